The van der Waals surface area contributed by atoms with E-state index in [1.54, 1.807) is 6.20 Å². The Morgan fingerprint density at radius 1 is 1.03 bits per heavy atom. The first-order valence-electron chi connectivity index (χ1n) is 9.99. The highest BCUT2D eigenvalue weighted by Gasteiger charge is 2.08. The van der Waals surface area contributed by atoms with Crippen molar-refractivity contribution in [2.75, 3.05) is 17.6 Å². The first-order valence-corrected chi connectivity index (χ1v) is 9.99. The predicted octanol–water partition coefficient (Wildman–Crippen LogP) is 3.97. The molecule has 0 aliphatic heterocycles. The van der Waals surface area contributed by atoms with Crippen LogP contribution in [-0.4, -0.2) is 31.7 Å². The SMILES string of the molecule is Cc1ccc2[nH]cc(CCNc3ncc(Cc4ccc5[nH]ncc5c4)c(N)n3)c2c1. The third kappa shape index (κ3) is 3.57. The van der Waals surface area contributed by atoms with Crippen LogP contribution in [0.4, 0.5) is 11.8 Å². The molecule has 0 bridgehead atoms. The molecule has 7 nitrogen and oxygen atoms in total. The molecule has 30 heavy (non-hydrogen) atoms. The Hall–Kier alpha value is -3.87. The second kappa shape index (κ2) is 7.51. The number of anilines is 2. The van der Waals surface area contributed by atoms with Crippen LogP contribution < -0.4 is 11.1 Å². The van der Waals surface area contributed by atoms with Crippen molar-refractivity contribution in [2.45, 2.75) is 19.8 Å². The van der Waals surface area contributed by atoms with Crippen molar-refractivity contribution in [3.05, 3.63) is 77.2 Å². The standard InChI is InChI=1S/C23H23N7/c1-14-2-4-21-19(8-14)16(11-26-21)6-7-25-23-27-12-18(22(24)29-23)10-15-3-5-20-17(9-15)13-28-30-20/h2-5,8-9,11-13,26H,6-7,10H2,1H3,(H,28,30)(H3,24,25,27,29). The van der Waals surface area contributed by atoms with Crippen LogP contribution in [0.2, 0.25) is 0 Å². The van der Waals surface area contributed by atoms with Gasteiger partial charge in [-0.2, -0.15) is 10.1 Å². The number of aromatic amines is 2. The van der Waals surface area contributed by atoms with Gasteiger partial charge in [0.05, 0.1) is 11.7 Å². The van der Waals surface area contributed by atoms with Crippen molar-refractivity contribution in [3.8, 4) is 0 Å². The largest absolute Gasteiger partial charge is 0.383 e. The van der Waals surface area contributed by atoms with E-state index in [-0.39, 0.29) is 0 Å². The summed E-state index contributed by atoms with van der Waals surface area (Å²) in [6.07, 6.45) is 7.25. The molecule has 0 atom stereocenters. The minimum Gasteiger partial charge on any atom is -0.383 e. The van der Waals surface area contributed by atoms with Gasteiger partial charge in [-0.25, -0.2) is 4.98 Å². The van der Waals surface area contributed by atoms with Gasteiger partial charge >= 0.3 is 0 Å². The first-order chi connectivity index (χ1) is 14.7. The Balaban J connectivity index is 1.24. The molecule has 150 valence electrons. The molecule has 3 aromatic heterocycles. The molecular weight excluding hydrogens is 374 g/mol. The van der Waals surface area contributed by atoms with Crippen molar-refractivity contribution in [2.24, 2.45) is 0 Å². The number of nitrogens with zero attached hydrogens (tertiary/aromatic N) is 3. The summed E-state index contributed by atoms with van der Waals surface area (Å²) in [6.45, 7) is 2.84. The molecule has 5 rings (SSSR count). The lowest BCUT2D eigenvalue weighted by Gasteiger charge is -2.09. The molecule has 0 saturated heterocycles. The maximum absolute atomic E-state index is 6.20. The third-order valence-electron chi connectivity index (χ3n) is 5.40. The van der Waals surface area contributed by atoms with Crippen LogP contribution in [0, 0.1) is 6.92 Å². The molecule has 0 aliphatic carbocycles. The van der Waals surface area contributed by atoms with E-state index in [0.717, 1.165) is 40.5 Å². The fourth-order valence-corrected chi connectivity index (χ4v) is 3.77. The number of fused-ring (bicyclic) bond motifs is 2. The Bertz CT molecular complexity index is 1330. The van der Waals surface area contributed by atoms with Gasteiger partial charge in [-0.3, -0.25) is 5.10 Å². The lowest BCUT2D eigenvalue weighted by Crippen LogP contribution is -2.10. The summed E-state index contributed by atoms with van der Waals surface area (Å²) in [5.41, 5.74) is 13.0. The molecule has 0 spiro atoms. The van der Waals surface area contributed by atoms with E-state index in [1.165, 1.54) is 16.5 Å². The van der Waals surface area contributed by atoms with Gasteiger partial charge in [0.1, 0.15) is 5.82 Å². The molecule has 0 aliphatic rings. The van der Waals surface area contributed by atoms with Crippen LogP contribution in [0.25, 0.3) is 21.8 Å². The molecule has 2 aromatic carbocycles. The number of aryl methyl sites for hydroxylation is 1. The summed E-state index contributed by atoms with van der Waals surface area (Å²) in [7, 11) is 0. The number of benzene rings is 2. The minimum absolute atomic E-state index is 0.502. The first kappa shape index (κ1) is 18.2. The van der Waals surface area contributed by atoms with Crippen LogP contribution in [0.3, 0.4) is 0 Å². The number of H-pyrrole nitrogens is 2. The summed E-state index contributed by atoms with van der Waals surface area (Å²) < 4.78 is 0. The van der Waals surface area contributed by atoms with Gasteiger partial charge in [0.15, 0.2) is 0 Å². The summed E-state index contributed by atoms with van der Waals surface area (Å²) in [5, 5.41) is 12.7. The zero-order chi connectivity index (χ0) is 20.5. The van der Waals surface area contributed by atoms with E-state index in [9.17, 15) is 0 Å². The van der Waals surface area contributed by atoms with E-state index in [1.807, 2.05) is 12.3 Å². The summed E-state index contributed by atoms with van der Waals surface area (Å²) in [5.74, 6) is 1.06. The second-order valence-corrected chi connectivity index (χ2v) is 7.61. The predicted molar refractivity (Wildman–Crippen MR) is 121 cm³/mol. The molecule has 0 unspecified atom stereocenters. The highest BCUT2D eigenvalue weighted by molar-refractivity contribution is 5.84. The van der Waals surface area contributed by atoms with Gasteiger partial charge < -0.3 is 16.0 Å². The Kier molecular flexibility index (Phi) is 4.55. The number of rotatable bonds is 6. The van der Waals surface area contributed by atoms with Crippen LogP contribution >= 0.6 is 0 Å². The molecule has 3 heterocycles. The smallest absolute Gasteiger partial charge is 0.224 e. The van der Waals surface area contributed by atoms with Crippen molar-refractivity contribution in [1.82, 2.24) is 25.1 Å². The van der Waals surface area contributed by atoms with Gasteiger partial charge in [0.25, 0.3) is 0 Å². The fourth-order valence-electron chi connectivity index (χ4n) is 3.77. The van der Waals surface area contributed by atoms with E-state index >= 15 is 0 Å². The lowest BCUT2D eigenvalue weighted by atomic mass is 10.1. The summed E-state index contributed by atoms with van der Waals surface area (Å²) in [4.78, 5) is 12.2. The van der Waals surface area contributed by atoms with Crippen molar-refractivity contribution in [3.63, 3.8) is 0 Å². The van der Waals surface area contributed by atoms with Crippen LogP contribution in [0.1, 0.15) is 22.3 Å². The summed E-state index contributed by atoms with van der Waals surface area (Å²) >= 11 is 0. The number of hydrogen-bond donors (Lipinski definition) is 4. The van der Waals surface area contributed by atoms with Gasteiger partial charge in [-0.15, -0.1) is 0 Å². The zero-order valence-corrected chi connectivity index (χ0v) is 16.7. The number of nitrogens with one attached hydrogen (secondary N) is 3. The molecule has 5 N–H and O–H groups in total. The van der Waals surface area contributed by atoms with E-state index in [0.29, 0.717) is 18.2 Å². The Labute approximate surface area is 173 Å². The minimum atomic E-state index is 0.502. The van der Waals surface area contributed by atoms with Gasteiger partial charge in [-0.05, 0) is 48.7 Å². The van der Waals surface area contributed by atoms with E-state index in [4.69, 9.17) is 5.73 Å². The average Bonchev–Trinajstić information content (AvgIpc) is 3.36. The molecular formula is C23H23N7. The van der Waals surface area contributed by atoms with Crippen LogP contribution in [0.5, 0.6) is 0 Å². The molecule has 0 amide bonds. The van der Waals surface area contributed by atoms with Crippen LogP contribution in [0.15, 0.2) is 55.0 Å². The number of hydrogen-bond acceptors (Lipinski definition) is 5. The third-order valence-corrected chi connectivity index (χ3v) is 5.40. The van der Waals surface area contributed by atoms with Crippen LogP contribution in [-0.2, 0) is 12.8 Å². The van der Waals surface area contributed by atoms with Gasteiger partial charge in [-0.1, -0.05) is 17.7 Å². The second-order valence-electron chi connectivity index (χ2n) is 7.61. The monoisotopic (exact) mass is 397 g/mol. The van der Waals surface area contributed by atoms with E-state index in [2.05, 4.69) is 73.9 Å². The molecule has 7 heteroatoms. The van der Waals surface area contributed by atoms with Gasteiger partial charge in [0, 0.05) is 47.2 Å². The maximum Gasteiger partial charge on any atom is 0.224 e. The van der Waals surface area contributed by atoms with Crippen molar-refractivity contribution >= 4 is 33.6 Å². The number of nitrogens with two attached hydrogens (primary N) is 1. The quantitative estimate of drug-likeness (QED) is 0.347. The van der Waals surface area contributed by atoms with Crippen molar-refractivity contribution in [1.29, 1.82) is 0 Å². The average molecular weight is 397 g/mol. The normalized spacial score (nSPS) is 11.4. The highest BCUT2D eigenvalue weighted by Crippen LogP contribution is 2.21. The molecule has 5 aromatic rings. The Morgan fingerprint density at radius 3 is 2.83 bits per heavy atom. The molecule has 0 saturated carbocycles. The maximum atomic E-state index is 6.20. The number of nitrogen functional groups attached to an aromatic ring is 1. The summed E-state index contributed by atoms with van der Waals surface area (Å²) in [6, 6.07) is 12.6. The van der Waals surface area contributed by atoms with Gasteiger partial charge in [0.2, 0.25) is 5.95 Å². The van der Waals surface area contributed by atoms with E-state index < -0.39 is 0 Å². The van der Waals surface area contributed by atoms with Crippen molar-refractivity contribution < 1.29 is 0 Å². The highest BCUT2D eigenvalue weighted by atomic mass is 15.1. The topological polar surface area (TPSA) is 108 Å². The molecule has 0 fully saturated rings. The molecule has 0 radical (unpaired) electrons. The fraction of sp³-hybridized carbons (Fsp3) is 0.174. The number of aromatic nitrogens is 5. The Morgan fingerprint density at radius 2 is 1.93 bits per heavy atom. The lowest BCUT2D eigenvalue weighted by molar-refractivity contribution is 0.982. The zero-order valence-electron chi connectivity index (χ0n) is 16.7.